The van der Waals surface area contributed by atoms with Gasteiger partial charge >= 0.3 is 23.9 Å². The van der Waals surface area contributed by atoms with Crippen LogP contribution in [0.25, 0.3) is 0 Å². The van der Waals surface area contributed by atoms with Gasteiger partial charge in [-0.2, -0.15) is 0 Å². The summed E-state index contributed by atoms with van der Waals surface area (Å²) in [6.45, 7) is 0.945. The SMILES string of the molecule is COC(=O)CN(CC(=O)OC)[C@@H]1CN(Cc2ccccc2)C[C@H]1N(CC(=O)OC)CC(=O)OC. The molecule has 188 valence electrons. The molecular weight excluding hydrogens is 446 g/mol. The number of esters is 4. The summed E-state index contributed by atoms with van der Waals surface area (Å²) in [6, 6.07) is 9.05. The Morgan fingerprint density at radius 1 is 0.706 bits per heavy atom. The van der Waals surface area contributed by atoms with Gasteiger partial charge in [0.15, 0.2) is 0 Å². The van der Waals surface area contributed by atoms with Crippen molar-refractivity contribution in [1.29, 1.82) is 0 Å². The predicted molar refractivity (Wildman–Crippen MR) is 121 cm³/mol. The van der Waals surface area contributed by atoms with Gasteiger partial charge in [0.2, 0.25) is 0 Å². The molecule has 1 aromatic rings. The molecule has 11 heteroatoms. The molecule has 1 heterocycles. The van der Waals surface area contributed by atoms with E-state index in [2.05, 4.69) is 4.90 Å². The van der Waals surface area contributed by atoms with Crippen LogP contribution in [0.2, 0.25) is 0 Å². The lowest BCUT2D eigenvalue weighted by molar-refractivity contribution is -0.151. The number of hydrogen-bond acceptors (Lipinski definition) is 11. The van der Waals surface area contributed by atoms with E-state index in [1.54, 1.807) is 9.80 Å². The van der Waals surface area contributed by atoms with Gasteiger partial charge in [0.05, 0.1) is 54.6 Å². The molecule has 34 heavy (non-hydrogen) atoms. The number of likely N-dealkylation sites (tertiary alicyclic amines) is 1. The molecule has 2 atom stereocenters. The molecule has 0 radical (unpaired) electrons. The van der Waals surface area contributed by atoms with E-state index in [1.165, 1.54) is 28.4 Å². The van der Waals surface area contributed by atoms with Crippen molar-refractivity contribution in [2.24, 2.45) is 0 Å². The zero-order valence-corrected chi connectivity index (χ0v) is 20.1. The fraction of sp³-hybridized carbons (Fsp3) is 0.565. The lowest BCUT2D eigenvalue weighted by Crippen LogP contribution is -2.56. The van der Waals surface area contributed by atoms with Gasteiger partial charge in [-0.3, -0.25) is 33.9 Å². The van der Waals surface area contributed by atoms with Crippen molar-refractivity contribution < 1.29 is 38.1 Å². The summed E-state index contributed by atoms with van der Waals surface area (Å²) in [4.78, 5) is 54.1. The second-order valence-corrected chi connectivity index (χ2v) is 7.93. The van der Waals surface area contributed by atoms with Crippen LogP contribution in [-0.4, -0.2) is 118 Å². The first kappa shape index (κ1) is 27.2. The van der Waals surface area contributed by atoms with Crippen molar-refractivity contribution in [2.75, 3.05) is 67.7 Å². The van der Waals surface area contributed by atoms with Crippen molar-refractivity contribution in [3.05, 3.63) is 35.9 Å². The summed E-state index contributed by atoms with van der Waals surface area (Å²) in [5, 5.41) is 0. The summed E-state index contributed by atoms with van der Waals surface area (Å²) in [6.07, 6.45) is 0. The zero-order chi connectivity index (χ0) is 25.1. The second-order valence-electron chi connectivity index (χ2n) is 7.93. The van der Waals surface area contributed by atoms with E-state index in [0.717, 1.165) is 5.56 Å². The van der Waals surface area contributed by atoms with Gasteiger partial charge in [-0.05, 0) is 5.56 Å². The van der Waals surface area contributed by atoms with Crippen molar-refractivity contribution in [1.82, 2.24) is 14.7 Å². The van der Waals surface area contributed by atoms with E-state index in [0.29, 0.717) is 19.6 Å². The second kappa shape index (κ2) is 13.6. The third kappa shape index (κ3) is 8.08. The number of carbonyl (C=O) groups is 4. The molecule has 1 saturated heterocycles. The molecule has 2 rings (SSSR count). The van der Waals surface area contributed by atoms with Crippen LogP contribution in [0.1, 0.15) is 5.56 Å². The van der Waals surface area contributed by atoms with Crippen molar-refractivity contribution >= 4 is 23.9 Å². The monoisotopic (exact) mass is 479 g/mol. The molecule has 1 aliphatic rings. The molecule has 1 aliphatic heterocycles. The average Bonchev–Trinajstić information content (AvgIpc) is 3.26. The lowest BCUT2D eigenvalue weighted by atomic mass is 10.1. The van der Waals surface area contributed by atoms with Gasteiger partial charge in [-0.15, -0.1) is 0 Å². The Hall–Kier alpha value is -3.02. The third-order valence-electron chi connectivity index (χ3n) is 5.76. The molecule has 11 nitrogen and oxygen atoms in total. The number of nitrogens with zero attached hydrogens (tertiary/aromatic N) is 3. The van der Waals surface area contributed by atoms with Crippen LogP contribution >= 0.6 is 0 Å². The first-order valence-corrected chi connectivity index (χ1v) is 10.8. The van der Waals surface area contributed by atoms with Gasteiger partial charge in [0.1, 0.15) is 0 Å². The summed E-state index contributed by atoms with van der Waals surface area (Å²) in [7, 11) is 5.08. The van der Waals surface area contributed by atoms with Crippen molar-refractivity contribution in [3.63, 3.8) is 0 Å². The zero-order valence-electron chi connectivity index (χ0n) is 20.1. The third-order valence-corrected chi connectivity index (χ3v) is 5.76. The van der Waals surface area contributed by atoms with Gasteiger partial charge in [0, 0.05) is 31.7 Å². The Labute approximate surface area is 199 Å². The standard InChI is InChI=1S/C23H33N3O8/c1-31-20(27)13-25(14-21(28)32-2)18-11-24(10-17-8-6-5-7-9-17)12-19(18)26(15-22(29)33-3)16-23(30)34-4/h5-9,18-19H,10-16H2,1-4H3/t18-,19-/m1/s1. The maximum absolute atomic E-state index is 12.2. The minimum absolute atomic E-state index is 0.157. The summed E-state index contributed by atoms with van der Waals surface area (Å²) in [5.41, 5.74) is 1.09. The van der Waals surface area contributed by atoms with Gasteiger partial charge in [-0.1, -0.05) is 30.3 Å². The number of benzene rings is 1. The molecule has 0 bridgehead atoms. The highest BCUT2D eigenvalue weighted by atomic mass is 16.5. The van der Waals surface area contributed by atoms with Crippen LogP contribution in [0.5, 0.6) is 0 Å². The molecule has 0 spiro atoms. The number of carbonyl (C=O) groups excluding carboxylic acids is 4. The van der Waals surface area contributed by atoms with Crippen molar-refractivity contribution in [3.8, 4) is 0 Å². The highest BCUT2D eigenvalue weighted by Gasteiger charge is 2.42. The van der Waals surface area contributed by atoms with E-state index in [-0.39, 0.29) is 26.2 Å². The number of hydrogen-bond donors (Lipinski definition) is 0. The van der Waals surface area contributed by atoms with Gasteiger partial charge in [0.25, 0.3) is 0 Å². The van der Waals surface area contributed by atoms with Crippen LogP contribution in [0, 0.1) is 0 Å². The molecule has 0 N–H and O–H groups in total. The molecule has 1 aromatic carbocycles. The molecule has 0 unspecified atom stereocenters. The normalized spacial score (nSPS) is 18.1. The fourth-order valence-electron chi connectivity index (χ4n) is 4.04. The van der Waals surface area contributed by atoms with Crippen LogP contribution < -0.4 is 0 Å². The molecule has 0 saturated carbocycles. The van der Waals surface area contributed by atoms with Crippen LogP contribution in [0.3, 0.4) is 0 Å². The quantitative estimate of drug-likeness (QED) is 0.286. The highest BCUT2D eigenvalue weighted by Crippen LogP contribution is 2.24. The summed E-state index contributed by atoms with van der Waals surface area (Å²) >= 11 is 0. The minimum atomic E-state index is -0.517. The average molecular weight is 480 g/mol. The number of rotatable bonds is 12. The Kier molecular flexibility index (Phi) is 10.9. The van der Waals surface area contributed by atoms with Crippen LogP contribution in [0.4, 0.5) is 0 Å². The van der Waals surface area contributed by atoms with Gasteiger partial charge in [-0.25, -0.2) is 0 Å². The Morgan fingerprint density at radius 2 is 1.06 bits per heavy atom. The molecule has 1 fully saturated rings. The molecule has 0 amide bonds. The summed E-state index contributed by atoms with van der Waals surface area (Å²) in [5.74, 6) is -2.07. The smallest absolute Gasteiger partial charge is 0.319 e. The predicted octanol–water partition coefficient (Wildman–Crippen LogP) is -0.465. The Bertz CT molecular complexity index is 751. The number of ether oxygens (including phenoxy) is 4. The highest BCUT2D eigenvalue weighted by molar-refractivity contribution is 5.76. The molecule has 0 aliphatic carbocycles. The van der Waals surface area contributed by atoms with Gasteiger partial charge < -0.3 is 18.9 Å². The Balaban J connectivity index is 2.38. The molecule has 0 aromatic heterocycles. The summed E-state index contributed by atoms with van der Waals surface area (Å²) < 4.78 is 19.3. The van der Waals surface area contributed by atoms with E-state index in [4.69, 9.17) is 18.9 Å². The van der Waals surface area contributed by atoms with Crippen molar-refractivity contribution in [2.45, 2.75) is 18.6 Å². The van der Waals surface area contributed by atoms with E-state index < -0.39 is 36.0 Å². The Morgan fingerprint density at radius 3 is 1.38 bits per heavy atom. The topological polar surface area (TPSA) is 115 Å². The maximum atomic E-state index is 12.2. The van der Waals surface area contributed by atoms with Crippen LogP contribution in [0.15, 0.2) is 30.3 Å². The first-order valence-electron chi connectivity index (χ1n) is 10.8. The number of methoxy groups -OCH3 is 4. The fourth-order valence-corrected chi connectivity index (χ4v) is 4.04. The largest absolute Gasteiger partial charge is 0.468 e. The van der Waals surface area contributed by atoms with E-state index >= 15 is 0 Å². The molecular formula is C23H33N3O8. The minimum Gasteiger partial charge on any atom is -0.468 e. The maximum Gasteiger partial charge on any atom is 0.319 e. The van der Waals surface area contributed by atoms with E-state index in [9.17, 15) is 19.2 Å². The lowest BCUT2D eigenvalue weighted by Gasteiger charge is -2.36. The van der Waals surface area contributed by atoms with Crippen LogP contribution in [-0.2, 0) is 44.7 Å². The van der Waals surface area contributed by atoms with E-state index in [1.807, 2.05) is 30.3 Å². The first-order chi connectivity index (χ1) is 16.3.